The van der Waals surface area contributed by atoms with Crippen molar-refractivity contribution in [3.05, 3.63) is 47.8 Å². The fraction of sp³-hybridized carbons (Fsp3) is 0.333. The zero-order valence-corrected chi connectivity index (χ0v) is 12.1. The molecule has 0 aliphatic heterocycles. The van der Waals surface area contributed by atoms with Crippen molar-refractivity contribution >= 4 is 5.91 Å². The Morgan fingerprint density at radius 2 is 1.95 bits per heavy atom. The fourth-order valence-electron chi connectivity index (χ4n) is 1.92. The minimum atomic E-state index is -0.103. The van der Waals surface area contributed by atoms with Crippen molar-refractivity contribution in [1.29, 1.82) is 0 Å². The summed E-state index contributed by atoms with van der Waals surface area (Å²) in [6.07, 6.45) is 2.69. The molecule has 1 aromatic carbocycles. The lowest BCUT2D eigenvalue weighted by molar-refractivity contribution is 0.0821. The molecule has 1 atom stereocenters. The Morgan fingerprint density at radius 3 is 2.50 bits per heavy atom. The summed E-state index contributed by atoms with van der Waals surface area (Å²) in [4.78, 5) is 13.3. The van der Waals surface area contributed by atoms with E-state index >= 15 is 0 Å². The fourth-order valence-corrected chi connectivity index (χ4v) is 1.92. The normalized spacial score (nSPS) is 12.2. The minimum absolute atomic E-state index is 0.0625. The quantitative estimate of drug-likeness (QED) is 0.925. The van der Waals surface area contributed by atoms with Gasteiger partial charge in [-0.1, -0.05) is 19.1 Å². The average molecular weight is 272 g/mol. The Kier molecular flexibility index (Phi) is 4.20. The molecule has 2 N–H and O–H groups in total. The molecule has 5 heteroatoms. The molecule has 2 rings (SSSR count). The number of benzene rings is 1. The molecule has 0 spiro atoms. The lowest BCUT2D eigenvalue weighted by Gasteiger charge is -2.10. The maximum Gasteiger partial charge on any atom is 0.273 e. The molecular weight excluding hydrogens is 252 g/mol. The molecule has 1 amide bonds. The van der Waals surface area contributed by atoms with Crippen molar-refractivity contribution in [2.75, 3.05) is 14.1 Å². The molecule has 0 aliphatic rings. The van der Waals surface area contributed by atoms with Crippen LogP contribution in [0.1, 0.15) is 35.4 Å². The third-order valence-corrected chi connectivity index (χ3v) is 3.24. The maximum absolute atomic E-state index is 11.8. The largest absolute Gasteiger partial charge is 0.343 e. The summed E-state index contributed by atoms with van der Waals surface area (Å²) in [5, 5.41) is 4.29. The molecule has 1 aromatic heterocycles. The van der Waals surface area contributed by atoms with Crippen LogP contribution >= 0.6 is 0 Å². The second-order valence-corrected chi connectivity index (χ2v) is 4.95. The number of carbonyl (C=O) groups excluding carboxylic acids is 1. The van der Waals surface area contributed by atoms with Crippen LogP contribution < -0.4 is 5.73 Å². The number of rotatable bonds is 4. The highest BCUT2D eigenvalue weighted by molar-refractivity contribution is 5.91. The highest BCUT2D eigenvalue weighted by Crippen LogP contribution is 2.16. The van der Waals surface area contributed by atoms with Crippen LogP contribution in [0, 0.1) is 0 Å². The van der Waals surface area contributed by atoms with E-state index in [9.17, 15) is 4.79 Å². The molecule has 0 saturated carbocycles. The van der Waals surface area contributed by atoms with E-state index in [0.29, 0.717) is 5.69 Å². The van der Waals surface area contributed by atoms with Crippen LogP contribution in [0.3, 0.4) is 0 Å². The molecule has 0 unspecified atom stereocenters. The van der Waals surface area contributed by atoms with E-state index in [0.717, 1.165) is 17.7 Å². The third-order valence-electron chi connectivity index (χ3n) is 3.24. The predicted octanol–water partition coefficient (Wildman–Crippen LogP) is 1.98. The van der Waals surface area contributed by atoms with Gasteiger partial charge in [-0.3, -0.25) is 4.79 Å². The van der Waals surface area contributed by atoms with Crippen molar-refractivity contribution in [3.8, 4) is 5.69 Å². The number of aromatic nitrogens is 2. The van der Waals surface area contributed by atoms with Crippen molar-refractivity contribution in [2.45, 2.75) is 19.4 Å². The summed E-state index contributed by atoms with van der Waals surface area (Å²) in [6, 6.07) is 9.70. The van der Waals surface area contributed by atoms with Gasteiger partial charge in [-0.05, 0) is 30.2 Å². The van der Waals surface area contributed by atoms with Crippen molar-refractivity contribution in [3.63, 3.8) is 0 Å². The number of hydrogen-bond donors (Lipinski definition) is 1. The number of hydrogen-bond acceptors (Lipinski definition) is 3. The average Bonchev–Trinajstić information content (AvgIpc) is 2.95. The number of amides is 1. The predicted molar refractivity (Wildman–Crippen MR) is 78.8 cm³/mol. The van der Waals surface area contributed by atoms with E-state index in [1.54, 1.807) is 31.0 Å². The molecule has 2 aromatic rings. The van der Waals surface area contributed by atoms with Gasteiger partial charge in [0.1, 0.15) is 0 Å². The van der Waals surface area contributed by atoms with Crippen LogP contribution in [0.5, 0.6) is 0 Å². The van der Waals surface area contributed by atoms with Crippen molar-refractivity contribution in [1.82, 2.24) is 14.7 Å². The van der Waals surface area contributed by atoms with Gasteiger partial charge in [0.25, 0.3) is 5.91 Å². The molecule has 5 nitrogen and oxygen atoms in total. The standard InChI is InChI=1S/C15H20N4O/c1-4-13(16)11-5-7-12(8-6-11)19-10-9-14(17-19)15(20)18(2)3/h5-10,13H,4,16H2,1-3H3/t13-/m1/s1. The summed E-state index contributed by atoms with van der Waals surface area (Å²) >= 11 is 0. The van der Waals surface area contributed by atoms with Gasteiger partial charge in [-0.2, -0.15) is 5.10 Å². The van der Waals surface area contributed by atoms with E-state index in [1.807, 2.05) is 24.3 Å². The zero-order valence-electron chi connectivity index (χ0n) is 12.1. The molecular formula is C15H20N4O. The van der Waals surface area contributed by atoms with E-state index in [4.69, 9.17) is 5.73 Å². The van der Waals surface area contributed by atoms with E-state index in [-0.39, 0.29) is 11.9 Å². The topological polar surface area (TPSA) is 64.2 Å². The van der Waals surface area contributed by atoms with Crippen LogP contribution in [0.2, 0.25) is 0 Å². The van der Waals surface area contributed by atoms with Crippen LogP contribution in [0.15, 0.2) is 36.5 Å². The van der Waals surface area contributed by atoms with Gasteiger partial charge >= 0.3 is 0 Å². The lowest BCUT2D eigenvalue weighted by Crippen LogP contribution is -2.22. The first-order valence-corrected chi connectivity index (χ1v) is 6.66. The van der Waals surface area contributed by atoms with E-state index < -0.39 is 0 Å². The van der Waals surface area contributed by atoms with Gasteiger partial charge in [0.15, 0.2) is 5.69 Å². The lowest BCUT2D eigenvalue weighted by atomic mass is 10.1. The Morgan fingerprint density at radius 1 is 1.30 bits per heavy atom. The Balaban J connectivity index is 2.22. The van der Waals surface area contributed by atoms with Gasteiger partial charge in [-0.15, -0.1) is 0 Å². The highest BCUT2D eigenvalue weighted by atomic mass is 16.2. The SMILES string of the molecule is CC[C@@H](N)c1ccc(-n2ccc(C(=O)N(C)C)n2)cc1. The van der Waals surface area contributed by atoms with Gasteiger partial charge in [0.2, 0.25) is 0 Å². The summed E-state index contributed by atoms with van der Waals surface area (Å²) < 4.78 is 1.69. The second kappa shape index (κ2) is 5.88. The zero-order chi connectivity index (χ0) is 14.7. The molecule has 1 heterocycles. The van der Waals surface area contributed by atoms with Crippen LogP contribution in [0.25, 0.3) is 5.69 Å². The van der Waals surface area contributed by atoms with E-state index in [1.165, 1.54) is 4.90 Å². The summed E-state index contributed by atoms with van der Waals surface area (Å²) in [7, 11) is 3.42. The summed E-state index contributed by atoms with van der Waals surface area (Å²) in [5.41, 5.74) is 8.44. The first-order chi connectivity index (χ1) is 9.52. The van der Waals surface area contributed by atoms with Crippen LogP contribution in [-0.4, -0.2) is 34.7 Å². The van der Waals surface area contributed by atoms with Gasteiger partial charge in [0, 0.05) is 26.3 Å². The first-order valence-electron chi connectivity index (χ1n) is 6.66. The summed E-state index contributed by atoms with van der Waals surface area (Å²) in [5.74, 6) is -0.103. The Labute approximate surface area is 119 Å². The summed E-state index contributed by atoms with van der Waals surface area (Å²) in [6.45, 7) is 2.06. The maximum atomic E-state index is 11.8. The number of carbonyl (C=O) groups is 1. The minimum Gasteiger partial charge on any atom is -0.343 e. The van der Waals surface area contributed by atoms with Crippen molar-refractivity contribution in [2.24, 2.45) is 5.73 Å². The highest BCUT2D eigenvalue weighted by Gasteiger charge is 2.12. The second-order valence-electron chi connectivity index (χ2n) is 4.95. The third kappa shape index (κ3) is 2.88. The van der Waals surface area contributed by atoms with Gasteiger partial charge in [-0.25, -0.2) is 4.68 Å². The number of nitrogens with two attached hydrogens (primary N) is 1. The molecule has 0 saturated heterocycles. The van der Waals surface area contributed by atoms with Gasteiger partial charge < -0.3 is 10.6 Å². The molecule has 106 valence electrons. The number of nitrogens with zero attached hydrogens (tertiary/aromatic N) is 3. The Bertz CT molecular complexity index is 586. The van der Waals surface area contributed by atoms with Crippen molar-refractivity contribution < 1.29 is 4.79 Å². The Hall–Kier alpha value is -2.14. The molecule has 0 bridgehead atoms. The van der Waals surface area contributed by atoms with Crippen LogP contribution in [0.4, 0.5) is 0 Å². The van der Waals surface area contributed by atoms with Gasteiger partial charge in [0.05, 0.1) is 5.69 Å². The molecule has 0 radical (unpaired) electrons. The molecule has 0 fully saturated rings. The first kappa shape index (κ1) is 14.3. The molecule has 20 heavy (non-hydrogen) atoms. The van der Waals surface area contributed by atoms with E-state index in [2.05, 4.69) is 12.0 Å². The molecule has 0 aliphatic carbocycles. The van der Waals surface area contributed by atoms with Crippen LogP contribution in [-0.2, 0) is 0 Å². The monoisotopic (exact) mass is 272 g/mol. The smallest absolute Gasteiger partial charge is 0.273 e.